The van der Waals surface area contributed by atoms with Gasteiger partial charge in [-0.1, -0.05) is 36.4 Å². The zero-order valence-corrected chi connectivity index (χ0v) is 20.6. The summed E-state index contributed by atoms with van der Waals surface area (Å²) < 4.78 is 33.3. The highest BCUT2D eigenvalue weighted by Gasteiger charge is 2.15. The number of aromatic nitrogens is 3. The molecule has 2 heterocycles. The number of benzene rings is 3. The Morgan fingerprint density at radius 3 is 2.35 bits per heavy atom. The Balaban J connectivity index is 1.45. The Bertz CT molecular complexity index is 1650. The Labute approximate surface area is 212 Å². The first-order valence-corrected chi connectivity index (χ1v) is 11.6. The number of hydrogen-bond acceptors (Lipinski definition) is 6. The first kappa shape index (κ1) is 24.0. The van der Waals surface area contributed by atoms with Crippen molar-refractivity contribution in [3.05, 3.63) is 107 Å². The van der Waals surface area contributed by atoms with E-state index >= 15 is 4.39 Å². The molecule has 5 rings (SSSR count). The highest BCUT2D eigenvalue weighted by molar-refractivity contribution is 5.88. The minimum absolute atomic E-state index is 0.0107. The molecule has 0 spiro atoms. The maximum Gasteiger partial charge on any atom is 0.261 e. The van der Waals surface area contributed by atoms with Gasteiger partial charge in [-0.3, -0.25) is 14.3 Å². The normalized spacial score (nSPS) is 10.9. The monoisotopic (exact) mass is 497 g/mol. The lowest BCUT2D eigenvalue weighted by molar-refractivity contribution is 0.355. The number of rotatable bonds is 7. The standard InChI is InChI=1S/C29H24FN3O4/c1-33-28(13-18-7-5-4-6-8-18)32-17-21(29(33)34)19-9-10-25(22(30)14-19)37-24-11-12-31-23-16-27(36-3)26(35-2)15-20(23)24/h4-12,14-17H,13H2,1-3H3. The van der Waals surface area contributed by atoms with Gasteiger partial charge in [0.05, 0.1) is 25.3 Å². The van der Waals surface area contributed by atoms with E-state index in [2.05, 4.69) is 9.97 Å². The van der Waals surface area contributed by atoms with Crippen molar-refractivity contribution in [2.45, 2.75) is 6.42 Å². The molecule has 0 fully saturated rings. The van der Waals surface area contributed by atoms with Gasteiger partial charge in [-0.25, -0.2) is 9.37 Å². The second-order valence-electron chi connectivity index (χ2n) is 8.40. The molecule has 0 N–H and O–H groups in total. The summed E-state index contributed by atoms with van der Waals surface area (Å²) in [5.74, 6) is 1.45. The molecule has 0 aliphatic heterocycles. The van der Waals surface area contributed by atoms with Gasteiger partial charge in [-0.05, 0) is 35.4 Å². The summed E-state index contributed by atoms with van der Waals surface area (Å²) in [5, 5.41) is 0.635. The lowest BCUT2D eigenvalue weighted by Crippen LogP contribution is -2.23. The molecule has 2 aromatic heterocycles. The molecule has 0 aliphatic rings. The van der Waals surface area contributed by atoms with E-state index in [1.54, 1.807) is 44.6 Å². The molecule has 0 atom stereocenters. The third-order valence-corrected chi connectivity index (χ3v) is 6.14. The van der Waals surface area contributed by atoms with Crippen LogP contribution in [0.15, 0.2) is 83.9 Å². The van der Waals surface area contributed by atoms with Crippen LogP contribution >= 0.6 is 0 Å². The zero-order valence-electron chi connectivity index (χ0n) is 20.6. The van der Waals surface area contributed by atoms with Crippen LogP contribution in [-0.4, -0.2) is 28.8 Å². The minimum Gasteiger partial charge on any atom is -0.493 e. The first-order valence-electron chi connectivity index (χ1n) is 11.6. The van der Waals surface area contributed by atoms with Gasteiger partial charge in [0.1, 0.15) is 11.6 Å². The van der Waals surface area contributed by atoms with Crippen molar-refractivity contribution < 1.29 is 18.6 Å². The quantitative estimate of drug-likeness (QED) is 0.294. The van der Waals surface area contributed by atoms with E-state index in [0.29, 0.717) is 51.5 Å². The maximum atomic E-state index is 15.2. The zero-order chi connectivity index (χ0) is 25.9. The number of methoxy groups -OCH3 is 2. The topological polar surface area (TPSA) is 75.5 Å². The van der Waals surface area contributed by atoms with E-state index in [9.17, 15) is 4.79 Å². The predicted octanol–water partition coefficient (Wildman–Crippen LogP) is 5.53. The average molecular weight is 498 g/mol. The maximum absolute atomic E-state index is 15.2. The van der Waals surface area contributed by atoms with Gasteiger partial charge in [0.2, 0.25) is 0 Å². The number of halogens is 1. The summed E-state index contributed by atoms with van der Waals surface area (Å²) in [6.07, 6.45) is 3.58. The molecule has 0 radical (unpaired) electrons. The van der Waals surface area contributed by atoms with Crippen molar-refractivity contribution in [2.24, 2.45) is 7.05 Å². The molecular weight excluding hydrogens is 473 g/mol. The largest absolute Gasteiger partial charge is 0.493 e. The molecule has 0 unspecified atom stereocenters. The fourth-order valence-corrected chi connectivity index (χ4v) is 4.13. The van der Waals surface area contributed by atoms with E-state index in [-0.39, 0.29) is 11.3 Å². The second kappa shape index (κ2) is 10.1. The highest BCUT2D eigenvalue weighted by Crippen LogP contribution is 2.37. The molecule has 3 aromatic carbocycles. The Morgan fingerprint density at radius 2 is 1.62 bits per heavy atom. The molecule has 0 saturated heterocycles. The third kappa shape index (κ3) is 4.73. The van der Waals surface area contributed by atoms with Crippen molar-refractivity contribution in [3.8, 4) is 34.1 Å². The summed E-state index contributed by atoms with van der Waals surface area (Å²) in [7, 11) is 4.75. The van der Waals surface area contributed by atoms with Crippen LogP contribution in [0.3, 0.4) is 0 Å². The van der Waals surface area contributed by atoms with E-state index < -0.39 is 5.82 Å². The van der Waals surface area contributed by atoms with Gasteiger partial charge < -0.3 is 14.2 Å². The molecule has 186 valence electrons. The van der Waals surface area contributed by atoms with E-state index in [1.165, 1.54) is 30.0 Å². The summed E-state index contributed by atoms with van der Waals surface area (Å²) >= 11 is 0. The predicted molar refractivity (Wildman–Crippen MR) is 139 cm³/mol. The van der Waals surface area contributed by atoms with Crippen molar-refractivity contribution in [1.82, 2.24) is 14.5 Å². The Hall–Kier alpha value is -4.72. The summed E-state index contributed by atoms with van der Waals surface area (Å²) in [5.41, 5.74) is 2.11. The molecule has 7 nitrogen and oxygen atoms in total. The summed E-state index contributed by atoms with van der Waals surface area (Å²) in [6.45, 7) is 0. The van der Waals surface area contributed by atoms with Gasteiger partial charge in [0.15, 0.2) is 23.1 Å². The number of ether oxygens (including phenoxy) is 3. The van der Waals surface area contributed by atoms with E-state index in [0.717, 1.165) is 5.56 Å². The first-order chi connectivity index (χ1) is 18.0. The average Bonchev–Trinajstić information content (AvgIpc) is 2.92. The fraction of sp³-hybridized carbons (Fsp3) is 0.138. The fourth-order valence-electron chi connectivity index (χ4n) is 4.13. The molecular formula is C29H24FN3O4. The smallest absolute Gasteiger partial charge is 0.261 e. The van der Waals surface area contributed by atoms with E-state index in [4.69, 9.17) is 14.2 Å². The number of pyridine rings is 1. The molecule has 0 bridgehead atoms. The molecule has 0 amide bonds. The van der Waals surface area contributed by atoms with Crippen LogP contribution in [0.4, 0.5) is 4.39 Å². The molecule has 5 aromatic rings. The molecule has 0 saturated carbocycles. The van der Waals surface area contributed by atoms with Crippen molar-refractivity contribution in [3.63, 3.8) is 0 Å². The van der Waals surface area contributed by atoms with Crippen LogP contribution in [0.2, 0.25) is 0 Å². The number of fused-ring (bicyclic) bond motifs is 1. The number of nitrogens with zero attached hydrogens (tertiary/aromatic N) is 3. The summed E-state index contributed by atoms with van der Waals surface area (Å²) in [4.78, 5) is 21.9. The Morgan fingerprint density at radius 1 is 0.865 bits per heavy atom. The van der Waals surface area contributed by atoms with Gasteiger partial charge in [0.25, 0.3) is 5.56 Å². The van der Waals surface area contributed by atoms with Crippen LogP contribution in [0.25, 0.3) is 22.0 Å². The second-order valence-corrected chi connectivity index (χ2v) is 8.40. The molecule has 8 heteroatoms. The lowest BCUT2D eigenvalue weighted by atomic mass is 10.1. The Kier molecular flexibility index (Phi) is 6.55. The SMILES string of the molecule is COc1cc2nccc(Oc3ccc(-c4cnc(Cc5ccccc5)n(C)c4=O)cc3F)c2cc1OC. The van der Waals surface area contributed by atoms with Crippen molar-refractivity contribution in [1.29, 1.82) is 0 Å². The van der Waals surface area contributed by atoms with Crippen molar-refractivity contribution in [2.75, 3.05) is 14.2 Å². The van der Waals surface area contributed by atoms with Crippen LogP contribution in [0.5, 0.6) is 23.0 Å². The van der Waals surface area contributed by atoms with Gasteiger partial charge in [-0.2, -0.15) is 0 Å². The van der Waals surface area contributed by atoms with E-state index in [1.807, 2.05) is 30.3 Å². The van der Waals surface area contributed by atoms with Gasteiger partial charge >= 0.3 is 0 Å². The van der Waals surface area contributed by atoms with Crippen LogP contribution in [0.1, 0.15) is 11.4 Å². The third-order valence-electron chi connectivity index (χ3n) is 6.14. The minimum atomic E-state index is -0.613. The van der Waals surface area contributed by atoms with Crippen LogP contribution in [0, 0.1) is 5.82 Å². The lowest BCUT2D eigenvalue weighted by Gasteiger charge is -2.13. The number of hydrogen-bond donors (Lipinski definition) is 0. The van der Waals surface area contributed by atoms with Crippen molar-refractivity contribution >= 4 is 10.9 Å². The summed E-state index contributed by atoms with van der Waals surface area (Å²) in [6, 6.07) is 19.3. The molecule has 37 heavy (non-hydrogen) atoms. The van der Waals surface area contributed by atoms with Gasteiger partial charge in [0, 0.05) is 37.3 Å². The molecule has 0 aliphatic carbocycles. The highest BCUT2D eigenvalue weighted by atomic mass is 19.1. The van der Waals surface area contributed by atoms with Gasteiger partial charge in [-0.15, -0.1) is 0 Å². The van der Waals surface area contributed by atoms with Crippen LogP contribution in [-0.2, 0) is 13.5 Å². The van der Waals surface area contributed by atoms with Crippen LogP contribution < -0.4 is 19.8 Å².